The maximum Gasteiger partial charge on any atom is 0.241 e. The van der Waals surface area contributed by atoms with Crippen molar-refractivity contribution in [2.45, 2.75) is 52.2 Å². The SMILES string of the molecule is CC1CCCN(C(C)C(=O)Nc2cccc(CN)c2)C1C. The summed E-state index contributed by atoms with van der Waals surface area (Å²) in [6.07, 6.45) is 2.43. The number of hydrogen-bond acceptors (Lipinski definition) is 3. The van der Waals surface area contributed by atoms with Crippen molar-refractivity contribution in [1.82, 2.24) is 4.90 Å². The van der Waals surface area contributed by atoms with E-state index in [9.17, 15) is 4.79 Å². The number of rotatable bonds is 4. The minimum absolute atomic E-state index is 0.0603. The third-order valence-electron chi connectivity index (χ3n) is 4.73. The Labute approximate surface area is 127 Å². The highest BCUT2D eigenvalue weighted by Gasteiger charge is 2.31. The number of carbonyl (C=O) groups excluding carboxylic acids is 1. The number of amides is 1. The Balaban J connectivity index is 2.01. The van der Waals surface area contributed by atoms with Crippen LogP contribution in [-0.2, 0) is 11.3 Å². The largest absolute Gasteiger partial charge is 0.326 e. The third kappa shape index (κ3) is 3.83. The van der Waals surface area contributed by atoms with Crippen LogP contribution in [0.1, 0.15) is 39.2 Å². The van der Waals surface area contributed by atoms with Crippen LogP contribution in [0, 0.1) is 5.92 Å². The lowest BCUT2D eigenvalue weighted by atomic mass is 9.91. The van der Waals surface area contributed by atoms with Gasteiger partial charge in [0.1, 0.15) is 0 Å². The highest BCUT2D eigenvalue weighted by atomic mass is 16.2. The lowest BCUT2D eigenvalue weighted by Crippen LogP contribution is -2.51. The minimum atomic E-state index is -0.107. The van der Waals surface area contributed by atoms with Crippen LogP contribution in [0.3, 0.4) is 0 Å². The van der Waals surface area contributed by atoms with E-state index in [-0.39, 0.29) is 11.9 Å². The number of carbonyl (C=O) groups is 1. The van der Waals surface area contributed by atoms with Crippen molar-refractivity contribution in [3.63, 3.8) is 0 Å². The Kier molecular flexibility index (Phi) is 5.37. The quantitative estimate of drug-likeness (QED) is 0.895. The molecule has 0 aromatic heterocycles. The normalized spacial score (nSPS) is 24.6. The van der Waals surface area contributed by atoms with Gasteiger partial charge in [-0.05, 0) is 56.8 Å². The molecule has 116 valence electrons. The van der Waals surface area contributed by atoms with E-state index < -0.39 is 0 Å². The van der Waals surface area contributed by atoms with Gasteiger partial charge in [0.15, 0.2) is 0 Å². The molecule has 0 radical (unpaired) electrons. The minimum Gasteiger partial charge on any atom is -0.326 e. The van der Waals surface area contributed by atoms with Crippen molar-refractivity contribution in [3.05, 3.63) is 29.8 Å². The molecule has 2 rings (SSSR count). The summed E-state index contributed by atoms with van der Waals surface area (Å²) < 4.78 is 0. The van der Waals surface area contributed by atoms with Gasteiger partial charge in [-0.1, -0.05) is 19.1 Å². The van der Waals surface area contributed by atoms with Crippen LogP contribution < -0.4 is 11.1 Å². The second-order valence-corrected chi connectivity index (χ2v) is 6.17. The first kappa shape index (κ1) is 16.0. The number of hydrogen-bond donors (Lipinski definition) is 2. The van der Waals surface area contributed by atoms with Gasteiger partial charge in [-0.15, -0.1) is 0 Å². The van der Waals surface area contributed by atoms with Crippen LogP contribution in [0.15, 0.2) is 24.3 Å². The van der Waals surface area contributed by atoms with Crippen LogP contribution >= 0.6 is 0 Å². The van der Waals surface area contributed by atoms with Crippen molar-refractivity contribution < 1.29 is 4.79 Å². The van der Waals surface area contributed by atoms with Crippen LogP contribution in [0.2, 0.25) is 0 Å². The Morgan fingerprint density at radius 1 is 1.48 bits per heavy atom. The molecule has 3 atom stereocenters. The van der Waals surface area contributed by atoms with Gasteiger partial charge in [-0.2, -0.15) is 0 Å². The van der Waals surface area contributed by atoms with Gasteiger partial charge in [0.2, 0.25) is 5.91 Å². The molecule has 3 unspecified atom stereocenters. The number of nitrogens with zero attached hydrogens (tertiary/aromatic N) is 1. The molecule has 1 saturated heterocycles. The number of nitrogens with two attached hydrogens (primary N) is 1. The van der Waals surface area contributed by atoms with Crippen LogP contribution in [0.5, 0.6) is 0 Å². The van der Waals surface area contributed by atoms with Crippen molar-refractivity contribution in [3.8, 4) is 0 Å². The summed E-state index contributed by atoms with van der Waals surface area (Å²) in [6.45, 7) is 7.98. The summed E-state index contributed by atoms with van der Waals surface area (Å²) in [5.41, 5.74) is 7.49. The van der Waals surface area contributed by atoms with Crippen LogP contribution in [-0.4, -0.2) is 29.4 Å². The molecule has 1 aromatic rings. The van der Waals surface area contributed by atoms with E-state index in [4.69, 9.17) is 5.73 Å². The molecule has 4 nitrogen and oxygen atoms in total. The molecule has 1 heterocycles. The number of benzene rings is 1. The number of piperidine rings is 1. The summed E-state index contributed by atoms with van der Waals surface area (Å²) in [7, 11) is 0. The van der Waals surface area contributed by atoms with Gasteiger partial charge < -0.3 is 11.1 Å². The summed E-state index contributed by atoms with van der Waals surface area (Å²) in [5.74, 6) is 0.708. The van der Waals surface area contributed by atoms with E-state index in [2.05, 4.69) is 24.1 Å². The monoisotopic (exact) mass is 289 g/mol. The topological polar surface area (TPSA) is 58.4 Å². The first-order chi connectivity index (χ1) is 10.0. The number of nitrogens with one attached hydrogen (secondary N) is 1. The van der Waals surface area contributed by atoms with Crippen molar-refractivity contribution in [1.29, 1.82) is 0 Å². The van der Waals surface area contributed by atoms with E-state index in [1.165, 1.54) is 12.8 Å². The molecule has 1 amide bonds. The van der Waals surface area contributed by atoms with Gasteiger partial charge >= 0.3 is 0 Å². The fourth-order valence-corrected chi connectivity index (χ4v) is 3.09. The maximum absolute atomic E-state index is 12.5. The fraction of sp³-hybridized carbons (Fsp3) is 0.588. The van der Waals surface area contributed by atoms with E-state index in [0.717, 1.165) is 17.8 Å². The summed E-state index contributed by atoms with van der Waals surface area (Å²) in [5, 5.41) is 3.01. The van der Waals surface area contributed by atoms with E-state index in [1.54, 1.807) is 0 Å². The standard InChI is InChI=1S/C17H27N3O/c1-12-6-5-9-20(13(12)2)14(3)17(21)19-16-8-4-7-15(10-16)11-18/h4,7-8,10,12-14H,5-6,9,11,18H2,1-3H3,(H,19,21). The summed E-state index contributed by atoms with van der Waals surface area (Å²) >= 11 is 0. The van der Waals surface area contributed by atoms with Gasteiger partial charge in [0.25, 0.3) is 0 Å². The molecule has 3 N–H and O–H groups in total. The van der Waals surface area contributed by atoms with Crippen molar-refractivity contribution >= 4 is 11.6 Å². The Hall–Kier alpha value is -1.39. The Morgan fingerprint density at radius 3 is 2.95 bits per heavy atom. The third-order valence-corrected chi connectivity index (χ3v) is 4.73. The van der Waals surface area contributed by atoms with Crippen molar-refractivity contribution in [2.24, 2.45) is 11.7 Å². The first-order valence-corrected chi connectivity index (χ1v) is 7.88. The maximum atomic E-state index is 12.5. The zero-order valence-corrected chi connectivity index (χ0v) is 13.3. The fourth-order valence-electron chi connectivity index (χ4n) is 3.09. The van der Waals surface area contributed by atoms with Gasteiger partial charge in [0.05, 0.1) is 6.04 Å². The molecule has 21 heavy (non-hydrogen) atoms. The number of anilines is 1. The summed E-state index contributed by atoms with van der Waals surface area (Å²) in [6, 6.07) is 8.08. The molecule has 1 aliphatic rings. The van der Waals surface area contributed by atoms with Crippen LogP contribution in [0.25, 0.3) is 0 Å². The zero-order chi connectivity index (χ0) is 15.4. The van der Waals surface area contributed by atoms with Gasteiger partial charge in [-0.25, -0.2) is 0 Å². The second kappa shape index (κ2) is 7.05. The van der Waals surface area contributed by atoms with Crippen LogP contribution in [0.4, 0.5) is 5.69 Å². The molecular weight excluding hydrogens is 262 g/mol. The molecule has 0 bridgehead atoms. The van der Waals surface area contributed by atoms with Gasteiger partial charge in [-0.3, -0.25) is 9.69 Å². The molecule has 0 saturated carbocycles. The molecule has 1 fully saturated rings. The highest BCUT2D eigenvalue weighted by Crippen LogP contribution is 2.25. The Bertz CT molecular complexity index is 489. The first-order valence-electron chi connectivity index (χ1n) is 7.88. The molecule has 0 aliphatic carbocycles. The van der Waals surface area contributed by atoms with E-state index >= 15 is 0 Å². The van der Waals surface area contributed by atoms with E-state index in [1.807, 2.05) is 31.2 Å². The summed E-state index contributed by atoms with van der Waals surface area (Å²) in [4.78, 5) is 14.8. The molecular formula is C17H27N3O. The predicted molar refractivity (Wildman–Crippen MR) is 87.0 cm³/mol. The molecule has 1 aromatic carbocycles. The lowest BCUT2D eigenvalue weighted by molar-refractivity contribution is -0.122. The lowest BCUT2D eigenvalue weighted by Gasteiger charge is -2.41. The molecule has 0 spiro atoms. The van der Waals surface area contributed by atoms with Gasteiger partial charge in [0, 0.05) is 18.3 Å². The average Bonchev–Trinajstić information content (AvgIpc) is 2.49. The van der Waals surface area contributed by atoms with E-state index in [0.29, 0.717) is 18.5 Å². The highest BCUT2D eigenvalue weighted by molar-refractivity contribution is 5.94. The number of likely N-dealkylation sites (tertiary alicyclic amines) is 1. The zero-order valence-electron chi connectivity index (χ0n) is 13.3. The predicted octanol–water partition coefficient (Wildman–Crippen LogP) is 2.59. The smallest absolute Gasteiger partial charge is 0.241 e. The molecule has 1 aliphatic heterocycles. The average molecular weight is 289 g/mol. The Morgan fingerprint density at radius 2 is 2.24 bits per heavy atom. The molecule has 4 heteroatoms. The van der Waals surface area contributed by atoms with Crippen molar-refractivity contribution in [2.75, 3.05) is 11.9 Å². The second-order valence-electron chi connectivity index (χ2n) is 6.17.